The van der Waals surface area contributed by atoms with Crippen LogP contribution in [0, 0.1) is 23.7 Å². The maximum absolute atomic E-state index is 12.3. The summed E-state index contributed by atoms with van der Waals surface area (Å²) in [6, 6.07) is 0.0163. The monoisotopic (exact) mass is 269 g/mol. The highest BCUT2D eigenvalue weighted by Crippen LogP contribution is 2.55. The van der Waals surface area contributed by atoms with Crippen molar-refractivity contribution in [3.05, 3.63) is 57.4 Å². The van der Waals surface area contributed by atoms with Crippen LogP contribution in [-0.4, -0.2) is 13.9 Å². The first-order valence-corrected chi connectivity index (χ1v) is 7.13. The van der Waals surface area contributed by atoms with Gasteiger partial charge in [0, 0.05) is 30.7 Å². The molecule has 2 aliphatic heterocycles. The average Bonchev–Trinajstić information content (AvgIpc) is 2.75. The average molecular weight is 269 g/mol. The van der Waals surface area contributed by atoms with E-state index in [1.807, 2.05) is 0 Å². The molecule has 0 spiro atoms. The smallest absolute Gasteiger partial charge is 0.246 e. The first-order chi connectivity index (χ1) is 9.68. The van der Waals surface area contributed by atoms with Crippen LogP contribution >= 0.6 is 0 Å². The number of aromatic nitrogens is 3. The molecule has 20 heavy (non-hydrogen) atoms. The Bertz CT molecular complexity index is 742. The molecule has 4 aliphatic carbocycles. The van der Waals surface area contributed by atoms with Crippen molar-refractivity contribution in [3.63, 3.8) is 0 Å². The van der Waals surface area contributed by atoms with E-state index in [2.05, 4.69) is 36.5 Å². The van der Waals surface area contributed by atoms with E-state index in [9.17, 15) is 9.59 Å². The van der Waals surface area contributed by atoms with Crippen LogP contribution in [0.2, 0.25) is 0 Å². The zero-order valence-corrected chi connectivity index (χ0v) is 11.1. The molecule has 0 saturated heterocycles. The van der Waals surface area contributed by atoms with Crippen molar-refractivity contribution < 1.29 is 0 Å². The van der Waals surface area contributed by atoms with E-state index in [1.54, 1.807) is 16.4 Å². The lowest BCUT2D eigenvalue weighted by Crippen LogP contribution is -2.54. The summed E-state index contributed by atoms with van der Waals surface area (Å²) in [7, 11) is 1.57. The summed E-state index contributed by atoms with van der Waals surface area (Å²) in [5.74, 6) is 1.59. The summed E-state index contributed by atoms with van der Waals surface area (Å²) < 4.78 is 4.58. The van der Waals surface area contributed by atoms with E-state index < -0.39 is 0 Å². The lowest BCUT2D eigenvalue weighted by Gasteiger charge is -2.53. The first-order valence-electron chi connectivity index (χ1n) is 7.13. The SMILES string of the molecule is Cn1c(=O)n2n(c1=O)C1C=CC2C2C3C=CC(C=C3)C21. The van der Waals surface area contributed by atoms with E-state index in [0.29, 0.717) is 23.7 Å². The van der Waals surface area contributed by atoms with Crippen molar-refractivity contribution in [2.75, 3.05) is 0 Å². The summed E-state index contributed by atoms with van der Waals surface area (Å²) in [4.78, 5) is 24.7. The van der Waals surface area contributed by atoms with Crippen molar-refractivity contribution in [2.45, 2.75) is 12.1 Å². The normalized spacial score (nSPS) is 42.0. The third kappa shape index (κ3) is 0.961. The van der Waals surface area contributed by atoms with E-state index in [0.717, 1.165) is 0 Å². The Balaban J connectivity index is 1.83. The molecule has 4 unspecified atom stereocenters. The van der Waals surface area contributed by atoms with E-state index >= 15 is 0 Å². The summed E-state index contributed by atoms with van der Waals surface area (Å²) in [6.45, 7) is 0. The lowest BCUT2D eigenvalue weighted by atomic mass is 9.58. The Morgan fingerprint density at radius 1 is 0.750 bits per heavy atom. The molecule has 4 bridgehead atoms. The summed E-state index contributed by atoms with van der Waals surface area (Å²) in [5.41, 5.74) is -0.385. The van der Waals surface area contributed by atoms with Crippen molar-refractivity contribution >= 4 is 0 Å². The minimum atomic E-state index is -0.192. The highest BCUT2D eigenvalue weighted by atomic mass is 16.2. The highest BCUT2D eigenvalue weighted by Gasteiger charge is 2.53. The van der Waals surface area contributed by atoms with Crippen LogP contribution in [0.25, 0.3) is 0 Å². The fraction of sp³-hybridized carbons (Fsp3) is 0.467. The Kier molecular flexibility index (Phi) is 1.69. The van der Waals surface area contributed by atoms with Crippen molar-refractivity contribution in [1.82, 2.24) is 13.9 Å². The maximum atomic E-state index is 12.3. The molecule has 0 saturated carbocycles. The first kappa shape index (κ1) is 10.7. The van der Waals surface area contributed by atoms with Crippen LogP contribution in [0.5, 0.6) is 0 Å². The Labute approximate surface area is 115 Å². The van der Waals surface area contributed by atoms with Gasteiger partial charge in [0.15, 0.2) is 0 Å². The number of rotatable bonds is 0. The van der Waals surface area contributed by atoms with Crippen LogP contribution in [0.3, 0.4) is 0 Å². The predicted molar refractivity (Wildman–Crippen MR) is 73.4 cm³/mol. The molecule has 5 nitrogen and oxygen atoms in total. The second-order valence-electron chi connectivity index (χ2n) is 6.26. The van der Waals surface area contributed by atoms with Crippen molar-refractivity contribution in [2.24, 2.45) is 30.7 Å². The fourth-order valence-corrected chi connectivity index (χ4v) is 4.67. The molecule has 1 aromatic heterocycles. The molecule has 0 fully saturated rings. The molecule has 0 N–H and O–H groups in total. The van der Waals surface area contributed by atoms with Crippen molar-refractivity contribution in [1.29, 1.82) is 0 Å². The predicted octanol–water partition coefficient (Wildman–Crippen LogP) is 0.618. The van der Waals surface area contributed by atoms with E-state index in [4.69, 9.17) is 0 Å². The Morgan fingerprint density at radius 3 is 1.55 bits per heavy atom. The van der Waals surface area contributed by atoms with Crippen LogP contribution in [-0.2, 0) is 7.05 Å². The van der Waals surface area contributed by atoms with E-state index in [-0.39, 0.29) is 23.5 Å². The minimum absolute atomic E-state index is 0.00815. The highest BCUT2D eigenvalue weighted by molar-refractivity contribution is 5.30. The number of hydrogen-bond donors (Lipinski definition) is 0. The third-order valence-corrected chi connectivity index (χ3v) is 5.50. The van der Waals surface area contributed by atoms with E-state index in [1.165, 1.54) is 4.57 Å². The van der Waals surface area contributed by atoms with Gasteiger partial charge in [-0.15, -0.1) is 0 Å². The fourth-order valence-electron chi connectivity index (χ4n) is 4.67. The number of nitrogens with zero attached hydrogens (tertiary/aromatic N) is 3. The van der Waals surface area contributed by atoms with Gasteiger partial charge < -0.3 is 0 Å². The van der Waals surface area contributed by atoms with Gasteiger partial charge in [-0.05, 0) is 0 Å². The van der Waals surface area contributed by atoms with Gasteiger partial charge in [0.05, 0.1) is 12.1 Å². The summed E-state index contributed by atoms with van der Waals surface area (Å²) in [5, 5.41) is 0. The molecular formula is C15H15N3O2. The summed E-state index contributed by atoms with van der Waals surface area (Å²) in [6.07, 6.45) is 13.3. The van der Waals surface area contributed by atoms with Crippen molar-refractivity contribution in [3.8, 4) is 0 Å². The zero-order chi connectivity index (χ0) is 13.6. The second kappa shape index (κ2) is 3.16. The third-order valence-electron chi connectivity index (χ3n) is 5.50. The second-order valence-corrected chi connectivity index (χ2v) is 6.26. The van der Waals surface area contributed by atoms with Gasteiger partial charge >= 0.3 is 11.4 Å². The van der Waals surface area contributed by atoms with Gasteiger partial charge in [0.25, 0.3) is 0 Å². The molecule has 102 valence electrons. The molecule has 1 aromatic rings. The van der Waals surface area contributed by atoms with Gasteiger partial charge in [0.1, 0.15) is 0 Å². The van der Waals surface area contributed by atoms with Gasteiger partial charge in [-0.2, -0.15) is 0 Å². The van der Waals surface area contributed by atoms with Gasteiger partial charge in [-0.25, -0.2) is 23.5 Å². The topological polar surface area (TPSA) is 48.9 Å². The van der Waals surface area contributed by atoms with Crippen LogP contribution in [0.15, 0.2) is 46.0 Å². The lowest BCUT2D eigenvalue weighted by molar-refractivity contribution is 0.0478. The molecule has 4 atom stereocenters. The van der Waals surface area contributed by atoms with Crippen LogP contribution in [0.1, 0.15) is 12.1 Å². The number of allylic oxidation sites excluding steroid dienone is 6. The molecule has 0 amide bonds. The minimum Gasteiger partial charge on any atom is -0.246 e. The van der Waals surface area contributed by atoms with Gasteiger partial charge in [0.2, 0.25) is 0 Å². The zero-order valence-electron chi connectivity index (χ0n) is 11.1. The quantitative estimate of drug-likeness (QED) is 0.648. The molecule has 5 heteroatoms. The van der Waals surface area contributed by atoms with Gasteiger partial charge in [-0.3, -0.25) is 0 Å². The number of hydrogen-bond acceptors (Lipinski definition) is 2. The Hall–Kier alpha value is -2.04. The molecular weight excluding hydrogens is 254 g/mol. The molecule has 0 aromatic carbocycles. The molecule has 6 aliphatic rings. The molecule has 7 rings (SSSR count). The summed E-state index contributed by atoms with van der Waals surface area (Å²) >= 11 is 0. The van der Waals surface area contributed by atoms with Gasteiger partial charge in [-0.1, -0.05) is 36.5 Å². The molecule has 0 radical (unpaired) electrons. The largest absolute Gasteiger partial charge is 0.347 e. The standard InChI is InChI=1S/C15H15N3O2/c1-16-14(19)17-10-6-7-11(18(17)15(16)20)13-9-3-2-8(4-5-9)12(10)13/h2-13H,1H3. The van der Waals surface area contributed by atoms with Crippen LogP contribution < -0.4 is 11.4 Å². The maximum Gasteiger partial charge on any atom is 0.347 e. The molecule has 3 heterocycles. The van der Waals surface area contributed by atoms with Crippen LogP contribution in [0.4, 0.5) is 0 Å². The Morgan fingerprint density at radius 2 is 1.15 bits per heavy atom.